The molecule has 0 heterocycles. The molecule has 2 rings (SSSR count). The van der Waals surface area contributed by atoms with Crippen molar-refractivity contribution in [3.8, 4) is 0 Å². The lowest BCUT2D eigenvalue weighted by Gasteiger charge is -2.31. The van der Waals surface area contributed by atoms with Crippen LogP contribution < -0.4 is 9.62 Å². The maximum atomic E-state index is 13.5. The second kappa shape index (κ2) is 12.8. The predicted octanol–water partition coefficient (Wildman–Crippen LogP) is 3.77. The lowest BCUT2D eigenvalue weighted by atomic mass is 10.1. The van der Waals surface area contributed by atoms with Crippen molar-refractivity contribution in [1.82, 2.24) is 10.2 Å². The smallest absolute Gasteiger partial charge is 0.271 e. The van der Waals surface area contributed by atoms with Gasteiger partial charge >= 0.3 is 0 Å². The van der Waals surface area contributed by atoms with Crippen LogP contribution in [0.5, 0.6) is 0 Å². The van der Waals surface area contributed by atoms with Crippen molar-refractivity contribution in [1.29, 1.82) is 0 Å². The maximum absolute atomic E-state index is 13.5. The number of nitrogens with zero attached hydrogens (tertiary/aromatic N) is 3. The Morgan fingerprint density at radius 3 is 2.36 bits per heavy atom. The van der Waals surface area contributed by atoms with Gasteiger partial charge in [0, 0.05) is 29.7 Å². The molecule has 0 unspecified atom stereocenters. The number of nitro benzene ring substituents is 1. The fraction of sp³-hybridized carbons (Fsp3) is 0.417. The summed E-state index contributed by atoms with van der Waals surface area (Å²) in [4.78, 5) is 38.3. The molecule has 1 atom stereocenters. The number of sulfonamides is 1. The fourth-order valence-corrected chi connectivity index (χ4v) is 4.64. The average Bonchev–Trinajstić information content (AvgIpc) is 2.81. The summed E-state index contributed by atoms with van der Waals surface area (Å²) >= 11 is 3.37. The van der Waals surface area contributed by atoms with Crippen molar-refractivity contribution in [3.05, 3.63) is 68.2 Å². The molecule has 0 fully saturated rings. The van der Waals surface area contributed by atoms with Gasteiger partial charge in [-0.05, 0) is 43.5 Å². The van der Waals surface area contributed by atoms with Crippen LogP contribution in [-0.4, -0.2) is 55.4 Å². The van der Waals surface area contributed by atoms with Crippen LogP contribution in [0.4, 0.5) is 11.4 Å². The average molecular weight is 584 g/mol. The lowest BCUT2D eigenvalue weighted by molar-refractivity contribution is -0.384. The van der Waals surface area contributed by atoms with Crippen molar-refractivity contribution >= 4 is 49.1 Å². The Morgan fingerprint density at radius 1 is 1.17 bits per heavy atom. The number of hydrogen-bond acceptors (Lipinski definition) is 6. The molecule has 10 nitrogen and oxygen atoms in total. The summed E-state index contributed by atoms with van der Waals surface area (Å²) < 4.78 is 27.1. The van der Waals surface area contributed by atoms with Gasteiger partial charge in [0.2, 0.25) is 21.8 Å². The molecule has 0 aromatic heterocycles. The summed E-state index contributed by atoms with van der Waals surface area (Å²) in [5.41, 5.74) is 0.927. The van der Waals surface area contributed by atoms with Gasteiger partial charge in [0.1, 0.15) is 12.6 Å². The molecule has 196 valence electrons. The standard InChI is InChI=1S/C24H31BrN4O6S/c1-5-6-13-26-24(31)18(3)27(15-19-8-10-20(25)11-9-19)23(30)16-28(36(4,34)35)22-14-21(29(32)33)12-7-17(22)2/h7-12,14,18H,5-6,13,15-16H2,1-4H3,(H,26,31)/t18-/m1/s1. The van der Waals surface area contributed by atoms with E-state index in [1.54, 1.807) is 38.1 Å². The molecule has 2 amide bonds. The van der Waals surface area contributed by atoms with Gasteiger partial charge in [-0.15, -0.1) is 0 Å². The molecule has 0 saturated heterocycles. The van der Waals surface area contributed by atoms with Crippen LogP contribution >= 0.6 is 15.9 Å². The number of anilines is 1. The van der Waals surface area contributed by atoms with E-state index < -0.39 is 33.4 Å². The zero-order valence-electron chi connectivity index (χ0n) is 20.7. The Balaban J connectivity index is 2.43. The van der Waals surface area contributed by atoms with Crippen LogP contribution in [0.25, 0.3) is 0 Å². The zero-order chi connectivity index (χ0) is 27.0. The number of nitrogens with one attached hydrogen (secondary N) is 1. The van der Waals surface area contributed by atoms with Gasteiger partial charge in [-0.1, -0.05) is 47.5 Å². The minimum absolute atomic E-state index is 0.0312. The zero-order valence-corrected chi connectivity index (χ0v) is 23.1. The number of hydrogen-bond donors (Lipinski definition) is 1. The highest BCUT2D eigenvalue weighted by Gasteiger charge is 2.31. The van der Waals surface area contributed by atoms with Gasteiger partial charge in [0.15, 0.2) is 0 Å². The molecule has 12 heteroatoms. The molecule has 0 bridgehead atoms. The third kappa shape index (κ3) is 8.02. The van der Waals surface area contributed by atoms with Crippen LogP contribution in [0.2, 0.25) is 0 Å². The van der Waals surface area contributed by atoms with Crippen molar-refractivity contribution in [2.45, 2.75) is 46.2 Å². The van der Waals surface area contributed by atoms with Crippen LogP contribution in [-0.2, 0) is 26.2 Å². The van der Waals surface area contributed by atoms with E-state index in [0.29, 0.717) is 12.1 Å². The van der Waals surface area contributed by atoms with Gasteiger partial charge in [0.05, 0.1) is 16.9 Å². The minimum atomic E-state index is -4.00. The number of amides is 2. The van der Waals surface area contributed by atoms with Gasteiger partial charge in [-0.2, -0.15) is 0 Å². The highest BCUT2D eigenvalue weighted by molar-refractivity contribution is 9.10. The monoisotopic (exact) mass is 582 g/mol. The van der Waals surface area contributed by atoms with Gasteiger partial charge < -0.3 is 10.2 Å². The van der Waals surface area contributed by atoms with E-state index in [4.69, 9.17) is 0 Å². The third-order valence-electron chi connectivity index (χ3n) is 5.61. The minimum Gasteiger partial charge on any atom is -0.354 e. The first-order valence-corrected chi connectivity index (χ1v) is 14.0. The lowest BCUT2D eigenvalue weighted by Crippen LogP contribution is -2.51. The number of non-ortho nitro benzene ring substituents is 1. The Hall–Kier alpha value is -2.99. The van der Waals surface area contributed by atoms with E-state index in [1.165, 1.54) is 17.0 Å². The molecule has 2 aromatic rings. The first kappa shape index (κ1) is 29.2. The number of unbranched alkanes of at least 4 members (excludes halogenated alkanes) is 1. The molecule has 2 aromatic carbocycles. The normalized spacial score (nSPS) is 12.0. The molecule has 0 aliphatic heterocycles. The Kier molecular flexibility index (Phi) is 10.4. The molecular weight excluding hydrogens is 552 g/mol. The van der Waals surface area contributed by atoms with Crippen molar-refractivity contribution in [2.24, 2.45) is 0 Å². The summed E-state index contributed by atoms with van der Waals surface area (Å²) in [5, 5.41) is 14.1. The maximum Gasteiger partial charge on any atom is 0.271 e. The molecular formula is C24H31BrN4O6S. The molecule has 0 aliphatic rings. The first-order valence-electron chi connectivity index (χ1n) is 11.4. The number of rotatable bonds is 12. The van der Waals surface area contributed by atoms with Gasteiger partial charge in [0.25, 0.3) is 5.69 Å². The largest absolute Gasteiger partial charge is 0.354 e. The molecule has 1 N–H and O–H groups in total. The Labute approximate surface area is 220 Å². The van der Waals surface area contributed by atoms with E-state index in [1.807, 2.05) is 6.92 Å². The third-order valence-corrected chi connectivity index (χ3v) is 7.27. The summed E-state index contributed by atoms with van der Waals surface area (Å²) in [6.45, 7) is 5.09. The molecule has 0 saturated carbocycles. The van der Waals surface area contributed by atoms with Crippen molar-refractivity contribution in [2.75, 3.05) is 23.7 Å². The summed E-state index contributed by atoms with van der Waals surface area (Å²) in [7, 11) is -4.00. The number of carbonyl (C=O) groups is 2. The molecule has 0 spiro atoms. The molecule has 0 aliphatic carbocycles. The number of nitro groups is 1. The SMILES string of the molecule is CCCCNC(=O)[C@@H](C)N(Cc1ccc(Br)cc1)C(=O)CN(c1cc([N+](=O)[O-])ccc1C)S(C)(=O)=O. The number of halogens is 1. The number of carbonyl (C=O) groups excluding carboxylic acids is 2. The summed E-state index contributed by atoms with van der Waals surface area (Å²) in [6, 6.07) is 10.1. The van der Waals surface area contributed by atoms with Crippen LogP contribution in [0.3, 0.4) is 0 Å². The molecule has 0 radical (unpaired) electrons. The Bertz CT molecular complexity index is 1200. The fourth-order valence-electron chi connectivity index (χ4n) is 3.48. The van der Waals surface area contributed by atoms with Crippen LogP contribution in [0, 0.1) is 17.0 Å². The van der Waals surface area contributed by atoms with E-state index in [9.17, 15) is 28.1 Å². The highest BCUT2D eigenvalue weighted by atomic mass is 79.9. The topological polar surface area (TPSA) is 130 Å². The molecule has 36 heavy (non-hydrogen) atoms. The van der Waals surface area contributed by atoms with Gasteiger partial charge in [-0.25, -0.2) is 8.42 Å². The van der Waals surface area contributed by atoms with E-state index in [0.717, 1.165) is 39.5 Å². The number of benzene rings is 2. The second-order valence-electron chi connectivity index (χ2n) is 8.47. The summed E-state index contributed by atoms with van der Waals surface area (Å²) in [5.74, 6) is -0.973. The van der Waals surface area contributed by atoms with Gasteiger partial charge in [-0.3, -0.25) is 24.0 Å². The van der Waals surface area contributed by atoms with Crippen LogP contribution in [0.15, 0.2) is 46.9 Å². The second-order valence-corrected chi connectivity index (χ2v) is 11.3. The van der Waals surface area contributed by atoms with E-state index in [-0.39, 0.29) is 23.8 Å². The van der Waals surface area contributed by atoms with Crippen molar-refractivity contribution < 1.29 is 22.9 Å². The van der Waals surface area contributed by atoms with E-state index in [2.05, 4.69) is 21.2 Å². The van der Waals surface area contributed by atoms with Crippen molar-refractivity contribution in [3.63, 3.8) is 0 Å². The summed E-state index contributed by atoms with van der Waals surface area (Å²) in [6.07, 6.45) is 2.60. The first-order chi connectivity index (χ1) is 16.8. The number of aryl methyl sites for hydroxylation is 1. The van der Waals surface area contributed by atoms with Crippen LogP contribution in [0.1, 0.15) is 37.8 Å². The quantitative estimate of drug-likeness (QED) is 0.230. The highest BCUT2D eigenvalue weighted by Crippen LogP contribution is 2.28. The Morgan fingerprint density at radius 2 is 1.81 bits per heavy atom. The predicted molar refractivity (Wildman–Crippen MR) is 142 cm³/mol. The van der Waals surface area contributed by atoms with E-state index >= 15 is 0 Å².